The van der Waals surface area contributed by atoms with E-state index in [-0.39, 0.29) is 24.6 Å². The Bertz CT molecular complexity index is 1050. The van der Waals surface area contributed by atoms with E-state index in [4.69, 9.17) is 14.0 Å². The Morgan fingerprint density at radius 1 is 1.19 bits per heavy atom. The van der Waals surface area contributed by atoms with Crippen molar-refractivity contribution in [2.24, 2.45) is 0 Å². The third-order valence-corrected chi connectivity index (χ3v) is 5.04. The third kappa shape index (κ3) is 5.42. The Balaban J connectivity index is 1.30. The van der Waals surface area contributed by atoms with E-state index in [2.05, 4.69) is 15.5 Å². The first-order valence-corrected chi connectivity index (χ1v) is 10.6. The van der Waals surface area contributed by atoms with Gasteiger partial charge in [0.1, 0.15) is 11.6 Å². The first kappa shape index (κ1) is 21.8. The topological polar surface area (TPSA) is 89.7 Å². The lowest BCUT2D eigenvalue weighted by Gasteiger charge is -2.29. The molecule has 1 aliphatic heterocycles. The largest absolute Gasteiger partial charge is 0.494 e. The third-order valence-electron chi connectivity index (χ3n) is 5.04. The van der Waals surface area contributed by atoms with Crippen LogP contribution in [0.3, 0.4) is 0 Å². The summed E-state index contributed by atoms with van der Waals surface area (Å²) in [7, 11) is 0. The number of carbonyl (C=O) groups excluding carboxylic acids is 1. The number of hydrogen-bond donors (Lipinski definition) is 1. The zero-order valence-electron chi connectivity index (χ0n) is 17.8. The number of morpholine rings is 1. The van der Waals surface area contributed by atoms with Gasteiger partial charge in [-0.25, -0.2) is 4.39 Å². The maximum absolute atomic E-state index is 14.5. The number of hydrogen-bond acceptors (Lipinski definition) is 7. The first-order chi connectivity index (χ1) is 15.6. The van der Waals surface area contributed by atoms with Crippen LogP contribution in [0.4, 0.5) is 15.8 Å². The number of rotatable bonds is 8. The second kappa shape index (κ2) is 10.2. The van der Waals surface area contributed by atoms with Gasteiger partial charge in [0.25, 0.3) is 0 Å². The average Bonchev–Trinajstić information content (AvgIpc) is 3.28. The molecule has 9 heteroatoms. The number of aromatic nitrogens is 2. The number of benzene rings is 2. The number of nitrogens with one attached hydrogen (secondary N) is 1. The van der Waals surface area contributed by atoms with Crippen LogP contribution in [0.25, 0.3) is 11.4 Å². The minimum atomic E-state index is -0.374. The van der Waals surface area contributed by atoms with Crippen LogP contribution < -0.4 is 15.0 Å². The average molecular weight is 440 g/mol. The van der Waals surface area contributed by atoms with Gasteiger partial charge in [-0.3, -0.25) is 4.79 Å². The fourth-order valence-corrected chi connectivity index (χ4v) is 3.43. The normalized spacial score (nSPS) is 13.8. The molecule has 0 spiro atoms. The van der Waals surface area contributed by atoms with Gasteiger partial charge < -0.3 is 24.2 Å². The smallest absolute Gasteiger partial charge is 0.227 e. The van der Waals surface area contributed by atoms with Gasteiger partial charge in [0.05, 0.1) is 25.5 Å². The minimum Gasteiger partial charge on any atom is -0.494 e. The van der Waals surface area contributed by atoms with E-state index in [1.54, 1.807) is 12.1 Å². The molecule has 1 aromatic heterocycles. The molecule has 1 fully saturated rings. The molecule has 0 aliphatic carbocycles. The molecule has 1 amide bonds. The van der Waals surface area contributed by atoms with Crippen molar-refractivity contribution in [3.63, 3.8) is 0 Å². The quantitative estimate of drug-likeness (QED) is 0.571. The number of nitrogens with zero attached hydrogens (tertiary/aromatic N) is 3. The van der Waals surface area contributed by atoms with Crippen LogP contribution in [0.2, 0.25) is 0 Å². The molecular weight excluding hydrogens is 415 g/mol. The number of aryl methyl sites for hydroxylation is 1. The Kier molecular flexibility index (Phi) is 6.96. The van der Waals surface area contributed by atoms with Crippen LogP contribution in [-0.4, -0.2) is 49.0 Å². The first-order valence-electron chi connectivity index (χ1n) is 10.6. The summed E-state index contributed by atoms with van der Waals surface area (Å²) in [6.45, 7) is 4.96. The summed E-state index contributed by atoms with van der Waals surface area (Å²) in [6, 6.07) is 12.1. The van der Waals surface area contributed by atoms with Crippen LogP contribution in [0.15, 0.2) is 47.0 Å². The summed E-state index contributed by atoms with van der Waals surface area (Å²) < 4.78 is 30.5. The molecular formula is C23H25FN4O4. The zero-order chi connectivity index (χ0) is 22.3. The van der Waals surface area contributed by atoms with Gasteiger partial charge in [-0.15, -0.1) is 0 Å². The van der Waals surface area contributed by atoms with E-state index in [0.717, 1.165) is 11.3 Å². The SMILES string of the molecule is CCOc1ccc(-c2noc(CCC(=O)Nc3ccc(N4CCOCC4)c(F)c3)n2)cc1. The summed E-state index contributed by atoms with van der Waals surface area (Å²) in [5.74, 6) is 0.944. The van der Waals surface area contributed by atoms with Gasteiger partial charge in [-0.2, -0.15) is 4.98 Å². The van der Waals surface area contributed by atoms with Crippen molar-refractivity contribution in [3.05, 3.63) is 54.2 Å². The van der Waals surface area contributed by atoms with Crippen LogP contribution in [-0.2, 0) is 16.0 Å². The summed E-state index contributed by atoms with van der Waals surface area (Å²) in [6.07, 6.45) is 0.419. The van der Waals surface area contributed by atoms with E-state index in [1.807, 2.05) is 36.1 Å². The lowest BCUT2D eigenvalue weighted by atomic mass is 10.2. The highest BCUT2D eigenvalue weighted by Gasteiger charge is 2.16. The van der Waals surface area contributed by atoms with Crippen molar-refractivity contribution in [2.45, 2.75) is 19.8 Å². The maximum atomic E-state index is 14.5. The van der Waals surface area contributed by atoms with Gasteiger partial charge in [0, 0.05) is 37.2 Å². The predicted octanol–water partition coefficient (Wildman–Crippen LogP) is 3.68. The molecule has 8 nitrogen and oxygen atoms in total. The highest BCUT2D eigenvalue weighted by atomic mass is 19.1. The van der Waals surface area contributed by atoms with E-state index in [0.29, 0.717) is 56.0 Å². The molecule has 0 atom stereocenters. The van der Waals surface area contributed by atoms with Crippen LogP contribution >= 0.6 is 0 Å². The molecule has 168 valence electrons. The van der Waals surface area contributed by atoms with E-state index >= 15 is 0 Å². The van der Waals surface area contributed by atoms with Gasteiger partial charge in [-0.05, 0) is 49.4 Å². The van der Waals surface area contributed by atoms with Gasteiger partial charge in [0.15, 0.2) is 0 Å². The Morgan fingerprint density at radius 3 is 2.69 bits per heavy atom. The van der Waals surface area contributed by atoms with Crippen molar-refractivity contribution >= 4 is 17.3 Å². The molecule has 0 unspecified atom stereocenters. The summed E-state index contributed by atoms with van der Waals surface area (Å²) in [5.41, 5.74) is 1.72. The van der Waals surface area contributed by atoms with Crippen molar-refractivity contribution in [2.75, 3.05) is 43.1 Å². The minimum absolute atomic E-state index is 0.137. The summed E-state index contributed by atoms with van der Waals surface area (Å²) in [4.78, 5) is 18.6. The van der Waals surface area contributed by atoms with E-state index < -0.39 is 0 Å². The van der Waals surface area contributed by atoms with Crippen LogP contribution in [0.5, 0.6) is 5.75 Å². The number of halogens is 1. The van der Waals surface area contributed by atoms with Crippen molar-refractivity contribution in [3.8, 4) is 17.1 Å². The fourth-order valence-electron chi connectivity index (χ4n) is 3.43. The molecule has 0 bridgehead atoms. The molecule has 1 saturated heterocycles. The number of carbonyl (C=O) groups is 1. The Morgan fingerprint density at radius 2 is 1.97 bits per heavy atom. The molecule has 2 aromatic carbocycles. The Hall–Kier alpha value is -3.46. The second-order valence-corrected chi connectivity index (χ2v) is 7.28. The fraction of sp³-hybridized carbons (Fsp3) is 0.348. The number of amides is 1. The highest BCUT2D eigenvalue weighted by molar-refractivity contribution is 5.91. The summed E-state index contributed by atoms with van der Waals surface area (Å²) in [5, 5.41) is 6.68. The molecule has 4 rings (SSSR count). The molecule has 2 heterocycles. The van der Waals surface area contributed by atoms with E-state index in [1.165, 1.54) is 6.07 Å². The molecule has 3 aromatic rings. The number of anilines is 2. The molecule has 0 saturated carbocycles. The lowest BCUT2D eigenvalue weighted by molar-refractivity contribution is -0.116. The monoisotopic (exact) mass is 440 g/mol. The zero-order valence-corrected chi connectivity index (χ0v) is 17.8. The number of ether oxygens (including phenoxy) is 2. The van der Waals surface area contributed by atoms with Gasteiger partial charge in [0.2, 0.25) is 17.6 Å². The van der Waals surface area contributed by atoms with Crippen molar-refractivity contribution in [1.82, 2.24) is 10.1 Å². The second-order valence-electron chi connectivity index (χ2n) is 7.28. The predicted molar refractivity (Wildman–Crippen MR) is 117 cm³/mol. The molecule has 1 N–H and O–H groups in total. The molecule has 32 heavy (non-hydrogen) atoms. The maximum Gasteiger partial charge on any atom is 0.227 e. The lowest BCUT2D eigenvalue weighted by Crippen LogP contribution is -2.36. The summed E-state index contributed by atoms with van der Waals surface area (Å²) >= 11 is 0. The van der Waals surface area contributed by atoms with Gasteiger partial charge >= 0.3 is 0 Å². The Labute approximate surface area is 185 Å². The van der Waals surface area contributed by atoms with E-state index in [9.17, 15) is 9.18 Å². The van der Waals surface area contributed by atoms with Crippen LogP contribution in [0.1, 0.15) is 19.2 Å². The standard InChI is InChI=1S/C23H25FN4O4/c1-2-31-18-6-3-16(4-7-18)23-26-22(32-27-23)10-9-21(29)25-17-5-8-20(19(24)15-17)28-11-13-30-14-12-28/h3-8,15H,2,9-14H2,1H3,(H,25,29). The molecule has 0 radical (unpaired) electrons. The van der Waals surface area contributed by atoms with Gasteiger partial charge in [-0.1, -0.05) is 5.16 Å². The van der Waals surface area contributed by atoms with Crippen LogP contribution in [0, 0.1) is 5.82 Å². The van der Waals surface area contributed by atoms with Crippen molar-refractivity contribution in [1.29, 1.82) is 0 Å². The molecule has 1 aliphatic rings. The van der Waals surface area contributed by atoms with Crippen molar-refractivity contribution < 1.29 is 23.2 Å². The highest BCUT2D eigenvalue weighted by Crippen LogP contribution is 2.24.